The molecule has 1 N–H and O–H groups in total. The highest BCUT2D eigenvalue weighted by molar-refractivity contribution is 5.89. The summed E-state index contributed by atoms with van der Waals surface area (Å²) in [6.07, 6.45) is 7.05. The van der Waals surface area contributed by atoms with E-state index in [9.17, 15) is 0 Å². The summed E-state index contributed by atoms with van der Waals surface area (Å²) in [5, 5.41) is 6.02. The molecule has 4 heteroatoms. The van der Waals surface area contributed by atoms with Crippen LogP contribution in [0.5, 0.6) is 5.75 Å². The number of ether oxygens (including phenoxy) is 1. The molecule has 0 saturated carbocycles. The lowest BCUT2D eigenvalue weighted by Gasteiger charge is -2.34. The highest BCUT2D eigenvalue weighted by Gasteiger charge is 2.31. The van der Waals surface area contributed by atoms with Crippen molar-refractivity contribution in [2.75, 3.05) is 0 Å². The van der Waals surface area contributed by atoms with Crippen LogP contribution >= 0.6 is 0 Å². The summed E-state index contributed by atoms with van der Waals surface area (Å²) in [6, 6.07) is 20.6. The van der Waals surface area contributed by atoms with Crippen LogP contribution in [0.4, 0.5) is 0 Å². The molecule has 26 heavy (non-hydrogen) atoms. The topological polar surface area (TPSA) is 47.0 Å². The monoisotopic (exact) mass is 339 g/mol. The summed E-state index contributed by atoms with van der Waals surface area (Å²) in [7, 11) is 0. The van der Waals surface area contributed by atoms with E-state index in [4.69, 9.17) is 4.74 Å². The van der Waals surface area contributed by atoms with E-state index in [0.29, 0.717) is 0 Å². The fourth-order valence-corrected chi connectivity index (χ4v) is 3.58. The van der Waals surface area contributed by atoms with Gasteiger partial charge in [0.25, 0.3) is 0 Å². The minimum atomic E-state index is -0.262. The predicted molar refractivity (Wildman–Crippen MR) is 101 cm³/mol. The minimum absolute atomic E-state index is 0.0104. The first-order valence-electron chi connectivity index (χ1n) is 8.64. The van der Waals surface area contributed by atoms with Gasteiger partial charge in [-0.05, 0) is 34.5 Å². The van der Waals surface area contributed by atoms with Gasteiger partial charge in [0.15, 0.2) is 6.23 Å². The SMILES string of the molecule is c1cncc([C@H]2N[C@H](c3cccnc3)Oc3ccc4ccccc4c32)c1. The van der Waals surface area contributed by atoms with Crippen molar-refractivity contribution in [1.29, 1.82) is 0 Å². The quantitative estimate of drug-likeness (QED) is 0.588. The van der Waals surface area contributed by atoms with Gasteiger partial charge in [-0.25, -0.2) is 0 Å². The molecule has 3 heterocycles. The largest absolute Gasteiger partial charge is 0.471 e. The molecule has 4 nitrogen and oxygen atoms in total. The fraction of sp³-hybridized carbons (Fsp3) is 0.0909. The summed E-state index contributed by atoms with van der Waals surface area (Å²) in [5.74, 6) is 0.894. The van der Waals surface area contributed by atoms with E-state index in [1.165, 1.54) is 10.8 Å². The van der Waals surface area contributed by atoms with Crippen LogP contribution in [0.25, 0.3) is 10.8 Å². The fourth-order valence-electron chi connectivity index (χ4n) is 3.58. The molecule has 0 bridgehead atoms. The molecule has 4 aromatic rings. The smallest absolute Gasteiger partial charge is 0.178 e. The summed E-state index contributed by atoms with van der Waals surface area (Å²) < 4.78 is 6.31. The Morgan fingerprint density at radius 2 is 1.54 bits per heavy atom. The first kappa shape index (κ1) is 15.0. The Bertz CT molecular complexity index is 1050. The predicted octanol–water partition coefficient (Wildman–Crippen LogP) is 4.40. The van der Waals surface area contributed by atoms with Crippen molar-refractivity contribution in [1.82, 2.24) is 15.3 Å². The second-order valence-corrected chi connectivity index (χ2v) is 6.37. The summed E-state index contributed by atoms with van der Waals surface area (Å²) in [5.41, 5.74) is 3.26. The summed E-state index contributed by atoms with van der Waals surface area (Å²) in [6.45, 7) is 0. The van der Waals surface area contributed by atoms with E-state index in [1.54, 1.807) is 12.4 Å². The Kier molecular flexibility index (Phi) is 3.61. The van der Waals surface area contributed by atoms with E-state index in [0.717, 1.165) is 22.4 Å². The van der Waals surface area contributed by atoms with E-state index in [2.05, 4.69) is 57.7 Å². The lowest BCUT2D eigenvalue weighted by atomic mass is 9.92. The minimum Gasteiger partial charge on any atom is -0.471 e. The average Bonchev–Trinajstić information content (AvgIpc) is 2.74. The molecule has 1 aliphatic rings. The van der Waals surface area contributed by atoms with Crippen LogP contribution in [-0.4, -0.2) is 9.97 Å². The van der Waals surface area contributed by atoms with Crippen molar-refractivity contribution in [2.45, 2.75) is 12.3 Å². The molecule has 0 amide bonds. The van der Waals surface area contributed by atoms with Crippen molar-refractivity contribution in [3.05, 3.63) is 102 Å². The second-order valence-electron chi connectivity index (χ2n) is 6.37. The standard InChI is InChI=1S/C22H17N3O/c1-2-8-18-15(5-1)9-10-19-20(18)21(16-6-3-11-23-13-16)25-22(26-19)17-7-4-12-24-14-17/h1-14,21-22,25H/t21-,22+/m1/s1. The summed E-state index contributed by atoms with van der Waals surface area (Å²) in [4.78, 5) is 8.55. The normalized spacial score (nSPS) is 18.9. The molecule has 1 aliphatic heterocycles. The van der Waals surface area contributed by atoms with Crippen LogP contribution in [0, 0.1) is 0 Å². The number of aromatic nitrogens is 2. The third-order valence-corrected chi connectivity index (χ3v) is 4.79. The molecular formula is C22H17N3O. The van der Waals surface area contributed by atoms with Gasteiger partial charge in [0.2, 0.25) is 0 Å². The Hall–Kier alpha value is -3.24. The van der Waals surface area contributed by atoms with Gasteiger partial charge in [-0.3, -0.25) is 15.3 Å². The number of hydrogen-bond donors (Lipinski definition) is 1. The Morgan fingerprint density at radius 3 is 2.31 bits per heavy atom. The van der Waals surface area contributed by atoms with Gasteiger partial charge in [0, 0.05) is 35.9 Å². The van der Waals surface area contributed by atoms with Crippen LogP contribution < -0.4 is 10.1 Å². The zero-order chi connectivity index (χ0) is 17.3. The zero-order valence-electron chi connectivity index (χ0n) is 14.0. The molecule has 2 aromatic heterocycles. The average molecular weight is 339 g/mol. The number of nitrogens with zero attached hydrogens (tertiary/aromatic N) is 2. The number of benzene rings is 2. The Labute approximate surface area is 151 Å². The number of hydrogen-bond acceptors (Lipinski definition) is 4. The van der Waals surface area contributed by atoms with Crippen LogP contribution in [-0.2, 0) is 0 Å². The van der Waals surface area contributed by atoms with Gasteiger partial charge in [0.1, 0.15) is 5.75 Å². The molecule has 2 atom stereocenters. The Balaban J connectivity index is 1.70. The maximum absolute atomic E-state index is 6.31. The van der Waals surface area contributed by atoms with Gasteiger partial charge >= 0.3 is 0 Å². The van der Waals surface area contributed by atoms with E-state index < -0.39 is 0 Å². The zero-order valence-corrected chi connectivity index (χ0v) is 14.0. The Morgan fingerprint density at radius 1 is 0.769 bits per heavy atom. The number of nitrogens with one attached hydrogen (secondary N) is 1. The van der Waals surface area contributed by atoms with Crippen molar-refractivity contribution >= 4 is 10.8 Å². The maximum atomic E-state index is 6.31. The third kappa shape index (κ3) is 2.52. The maximum Gasteiger partial charge on any atom is 0.178 e. The molecule has 2 aromatic carbocycles. The molecule has 0 unspecified atom stereocenters. The van der Waals surface area contributed by atoms with Gasteiger partial charge in [-0.15, -0.1) is 0 Å². The highest BCUT2D eigenvalue weighted by Crippen LogP contribution is 2.42. The third-order valence-electron chi connectivity index (χ3n) is 4.79. The van der Waals surface area contributed by atoms with Crippen LogP contribution in [0.1, 0.15) is 29.0 Å². The molecule has 0 spiro atoms. The van der Waals surface area contributed by atoms with Crippen molar-refractivity contribution < 1.29 is 4.74 Å². The van der Waals surface area contributed by atoms with Gasteiger partial charge < -0.3 is 4.74 Å². The van der Waals surface area contributed by atoms with Crippen molar-refractivity contribution in [3.63, 3.8) is 0 Å². The van der Waals surface area contributed by atoms with E-state index in [-0.39, 0.29) is 12.3 Å². The molecule has 5 rings (SSSR count). The molecule has 126 valence electrons. The van der Waals surface area contributed by atoms with E-state index >= 15 is 0 Å². The number of pyridine rings is 2. The van der Waals surface area contributed by atoms with Gasteiger partial charge in [0.05, 0.1) is 6.04 Å². The van der Waals surface area contributed by atoms with Crippen LogP contribution in [0.15, 0.2) is 85.5 Å². The van der Waals surface area contributed by atoms with Gasteiger partial charge in [-0.1, -0.05) is 42.5 Å². The number of rotatable bonds is 2. The number of fused-ring (bicyclic) bond motifs is 3. The second kappa shape index (κ2) is 6.24. The molecule has 0 aliphatic carbocycles. The summed E-state index contributed by atoms with van der Waals surface area (Å²) >= 11 is 0. The molecular weight excluding hydrogens is 322 g/mol. The first-order chi connectivity index (χ1) is 12.9. The van der Waals surface area contributed by atoms with Crippen molar-refractivity contribution in [3.8, 4) is 5.75 Å². The van der Waals surface area contributed by atoms with Crippen LogP contribution in [0.2, 0.25) is 0 Å². The van der Waals surface area contributed by atoms with Crippen molar-refractivity contribution in [2.24, 2.45) is 0 Å². The lowest BCUT2D eigenvalue weighted by molar-refractivity contribution is 0.133. The molecule has 0 saturated heterocycles. The molecule has 0 radical (unpaired) electrons. The van der Waals surface area contributed by atoms with Crippen LogP contribution in [0.3, 0.4) is 0 Å². The highest BCUT2D eigenvalue weighted by atomic mass is 16.5. The first-order valence-corrected chi connectivity index (χ1v) is 8.64. The van der Waals surface area contributed by atoms with Gasteiger partial charge in [-0.2, -0.15) is 0 Å². The molecule has 0 fully saturated rings. The van der Waals surface area contributed by atoms with E-state index in [1.807, 2.05) is 30.6 Å². The lowest BCUT2D eigenvalue weighted by Crippen LogP contribution is -2.35.